The van der Waals surface area contributed by atoms with E-state index in [4.69, 9.17) is 8.83 Å². The molecule has 0 aliphatic rings. The highest BCUT2D eigenvalue weighted by molar-refractivity contribution is 5.98. The van der Waals surface area contributed by atoms with Crippen LogP contribution in [0.4, 0.5) is 0 Å². The van der Waals surface area contributed by atoms with Gasteiger partial charge in [-0.15, -0.1) is 4.57 Å². The van der Waals surface area contributed by atoms with E-state index < -0.39 is 0 Å². The number of aryl methyl sites for hydroxylation is 2. The minimum Gasteiger partial charge on any atom is -0.401 e. The predicted octanol–water partition coefficient (Wildman–Crippen LogP) is 2.31. The Morgan fingerprint density at radius 1 is 1.14 bits per heavy atom. The number of hydrogen-bond acceptors (Lipinski definition) is 2. The first kappa shape index (κ1) is 7.62. The van der Waals surface area contributed by atoms with E-state index in [0.29, 0.717) is 0 Å². The van der Waals surface area contributed by atoms with E-state index in [-0.39, 0.29) is 0 Å². The molecule has 0 radical (unpaired) electrons. The molecule has 2 heterocycles. The van der Waals surface area contributed by atoms with Crippen LogP contribution in [0.5, 0.6) is 0 Å². The standard InChI is InChI=1S/C11H10NO2/c1-7-12(2)11-10(13-7)8-5-3-4-6-9(8)14-11/h3-6H,1-2H3/q+1. The lowest BCUT2D eigenvalue weighted by Crippen LogP contribution is -2.28. The van der Waals surface area contributed by atoms with Crippen LogP contribution in [0.2, 0.25) is 0 Å². The number of furan rings is 1. The van der Waals surface area contributed by atoms with Crippen molar-refractivity contribution >= 4 is 22.3 Å². The molecule has 0 spiro atoms. The van der Waals surface area contributed by atoms with Gasteiger partial charge in [-0.2, -0.15) is 0 Å². The number of oxazole rings is 1. The second-order valence-electron chi connectivity index (χ2n) is 3.41. The average molecular weight is 188 g/mol. The van der Waals surface area contributed by atoms with Crippen LogP contribution in [0.1, 0.15) is 5.89 Å². The fourth-order valence-electron chi connectivity index (χ4n) is 1.69. The number of para-hydroxylation sites is 1. The largest absolute Gasteiger partial charge is 0.421 e. The van der Waals surface area contributed by atoms with Gasteiger partial charge in [-0.1, -0.05) is 12.1 Å². The zero-order chi connectivity index (χ0) is 9.71. The van der Waals surface area contributed by atoms with Gasteiger partial charge in [0.25, 0.3) is 5.58 Å². The minimum atomic E-state index is 0.795. The highest BCUT2D eigenvalue weighted by atomic mass is 16.4. The Hall–Kier alpha value is -1.77. The summed E-state index contributed by atoms with van der Waals surface area (Å²) in [5.74, 6) is 0.851. The maximum Gasteiger partial charge on any atom is 0.421 e. The van der Waals surface area contributed by atoms with Crippen LogP contribution in [0.25, 0.3) is 22.3 Å². The van der Waals surface area contributed by atoms with Gasteiger partial charge < -0.3 is 8.83 Å². The predicted molar refractivity (Wildman–Crippen MR) is 51.9 cm³/mol. The molecule has 0 saturated heterocycles. The molecule has 70 valence electrons. The zero-order valence-electron chi connectivity index (χ0n) is 8.07. The summed E-state index contributed by atoms with van der Waals surface area (Å²) >= 11 is 0. The van der Waals surface area contributed by atoms with Gasteiger partial charge in [0.05, 0.1) is 12.3 Å². The van der Waals surface area contributed by atoms with Crippen molar-refractivity contribution in [2.75, 3.05) is 0 Å². The number of rotatable bonds is 0. The van der Waals surface area contributed by atoms with E-state index in [2.05, 4.69) is 0 Å². The van der Waals surface area contributed by atoms with Crippen molar-refractivity contribution in [3.05, 3.63) is 30.2 Å². The summed E-state index contributed by atoms with van der Waals surface area (Å²) in [5, 5.41) is 1.03. The molecule has 1 aromatic carbocycles. The maximum absolute atomic E-state index is 5.67. The molecule has 0 fully saturated rings. The molecular weight excluding hydrogens is 178 g/mol. The quantitative estimate of drug-likeness (QED) is 0.507. The van der Waals surface area contributed by atoms with Crippen molar-refractivity contribution in [2.45, 2.75) is 6.92 Å². The first-order valence-electron chi connectivity index (χ1n) is 4.54. The van der Waals surface area contributed by atoms with E-state index in [9.17, 15) is 0 Å². The molecule has 3 rings (SSSR count). The third-order valence-corrected chi connectivity index (χ3v) is 2.56. The lowest BCUT2D eigenvalue weighted by atomic mass is 10.2. The summed E-state index contributed by atoms with van der Waals surface area (Å²) < 4.78 is 13.2. The Morgan fingerprint density at radius 3 is 2.79 bits per heavy atom. The fourth-order valence-corrected chi connectivity index (χ4v) is 1.69. The molecular formula is C11H10NO2+. The molecule has 2 aromatic heterocycles. The van der Waals surface area contributed by atoms with Gasteiger partial charge in [-0.05, 0) is 12.1 Å². The van der Waals surface area contributed by atoms with Gasteiger partial charge in [0.2, 0.25) is 0 Å². The van der Waals surface area contributed by atoms with Gasteiger partial charge >= 0.3 is 11.6 Å². The smallest absolute Gasteiger partial charge is 0.401 e. The van der Waals surface area contributed by atoms with E-state index in [1.807, 2.05) is 42.8 Å². The molecule has 0 unspecified atom stereocenters. The van der Waals surface area contributed by atoms with Crippen LogP contribution in [0.15, 0.2) is 33.1 Å². The molecule has 3 aromatic rings. The van der Waals surface area contributed by atoms with Crippen molar-refractivity contribution in [1.29, 1.82) is 0 Å². The highest BCUT2D eigenvalue weighted by Gasteiger charge is 2.22. The third kappa shape index (κ3) is 0.789. The molecule has 0 bridgehead atoms. The van der Waals surface area contributed by atoms with Crippen LogP contribution >= 0.6 is 0 Å². The molecule has 3 nitrogen and oxygen atoms in total. The summed E-state index contributed by atoms with van der Waals surface area (Å²) in [6.45, 7) is 1.92. The number of nitrogens with zero attached hydrogens (tertiary/aromatic N) is 1. The summed E-state index contributed by atoms with van der Waals surface area (Å²) in [5.41, 5.74) is 2.50. The van der Waals surface area contributed by atoms with Gasteiger partial charge in [0.1, 0.15) is 12.6 Å². The van der Waals surface area contributed by atoms with Crippen LogP contribution in [0, 0.1) is 6.92 Å². The van der Waals surface area contributed by atoms with Crippen LogP contribution in [-0.2, 0) is 7.05 Å². The molecule has 0 saturated carbocycles. The number of benzene rings is 1. The Kier molecular flexibility index (Phi) is 1.29. The lowest BCUT2D eigenvalue weighted by molar-refractivity contribution is -0.663. The second kappa shape index (κ2) is 2.38. The van der Waals surface area contributed by atoms with Gasteiger partial charge in [0.15, 0.2) is 0 Å². The number of aromatic nitrogens is 1. The van der Waals surface area contributed by atoms with Gasteiger partial charge in [0, 0.05) is 0 Å². The second-order valence-corrected chi connectivity index (χ2v) is 3.41. The molecule has 0 aliphatic heterocycles. The molecule has 0 atom stereocenters. The van der Waals surface area contributed by atoms with Gasteiger partial charge in [-0.25, -0.2) is 0 Å². The maximum atomic E-state index is 5.67. The van der Waals surface area contributed by atoms with Crippen molar-refractivity contribution in [2.24, 2.45) is 7.05 Å². The van der Waals surface area contributed by atoms with Crippen molar-refractivity contribution in [3.63, 3.8) is 0 Å². The highest BCUT2D eigenvalue weighted by Crippen LogP contribution is 2.27. The summed E-state index contributed by atoms with van der Waals surface area (Å²) in [6, 6.07) is 7.89. The van der Waals surface area contributed by atoms with Crippen molar-refractivity contribution in [3.8, 4) is 0 Å². The van der Waals surface area contributed by atoms with Gasteiger partial charge in [-0.3, -0.25) is 0 Å². The Balaban J connectivity index is 2.60. The minimum absolute atomic E-state index is 0.795. The third-order valence-electron chi connectivity index (χ3n) is 2.56. The van der Waals surface area contributed by atoms with E-state index in [1.54, 1.807) is 0 Å². The number of fused-ring (bicyclic) bond motifs is 3. The molecule has 0 aliphatic carbocycles. The Morgan fingerprint density at radius 2 is 1.93 bits per heavy atom. The van der Waals surface area contributed by atoms with Crippen molar-refractivity contribution < 1.29 is 13.4 Å². The van der Waals surface area contributed by atoms with Crippen molar-refractivity contribution in [1.82, 2.24) is 0 Å². The summed E-state index contributed by atoms with van der Waals surface area (Å²) in [4.78, 5) is 0. The zero-order valence-corrected chi connectivity index (χ0v) is 8.07. The molecule has 0 N–H and O–H groups in total. The molecule has 3 heteroatoms. The first-order valence-corrected chi connectivity index (χ1v) is 4.54. The number of hydrogen-bond donors (Lipinski definition) is 0. The van der Waals surface area contributed by atoms with Crippen LogP contribution in [0.3, 0.4) is 0 Å². The van der Waals surface area contributed by atoms with Crippen LogP contribution in [-0.4, -0.2) is 0 Å². The fraction of sp³-hybridized carbons (Fsp3) is 0.182. The van der Waals surface area contributed by atoms with Crippen LogP contribution < -0.4 is 4.57 Å². The lowest BCUT2D eigenvalue weighted by Gasteiger charge is -1.83. The molecule has 0 amide bonds. The van der Waals surface area contributed by atoms with E-state index in [0.717, 1.165) is 28.2 Å². The molecule has 14 heavy (non-hydrogen) atoms. The monoisotopic (exact) mass is 188 g/mol. The van der Waals surface area contributed by atoms with E-state index >= 15 is 0 Å². The normalized spacial score (nSPS) is 11.6. The summed E-state index contributed by atoms with van der Waals surface area (Å²) in [7, 11) is 1.93. The SMILES string of the molecule is Cc1oc2c3ccccc3oc2[n+]1C. The Bertz CT molecular complexity index is 619. The topological polar surface area (TPSA) is 30.2 Å². The summed E-state index contributed by atoms with van der Waals surface area (Å²) in [6.07, 6.45) is 0. The van der Waals surface area contributed by atoms with E-state index in [1.165, 1.54) is 0 Å². The Labute approximate surface area is 80.5 Å². The first-order chi connectivity index (χ1) is 6.77. The average Bonchev–Trinajstić information content (AvgIpc) is 2.67.